The number of carboxylic acids is 1. The zero-order valence-electron chi connectivity index (χ0n) is 14.2. The number of nitrogens with zero attached hydrogens (tertiary/aromatic N) is 2. The fraction of sp³-hybridized carbons (Fsp3) is 0.211. The number of para-hydroxylation sites is 1. The van der Waals surface area contributed by atoms with E-state index >= 15 is 0 Å². The highest BCUT2D eigenvalue weighted by molar-refractivity contribution is 6.06. The van der Waals surface area contributed by atoms with Crippen LogP contribution in [0.2, 0.25) is 0 Å². The second-order valence-corrected chi connectivity index (χ2v) is 5.73. The number of carbonyl (C=O) groups excluding carboxylic acids is 2. The molecule has 2 amide bonds. The Labute approximate surface area is 150 Å². The molecule has 0 bridgehead atoms. The molecule has 0 aliphatic carbocycles. The molecule has 0 radical (unpaired) electrons. The SMILES string of the molecule is CCN(C(=O)CN1C(=O)COc2ccc(C(=O)O)cc21)c1ccccc1. The summed E-state index contributed by atoms with van der Waals surface area (Å²) in [6.45, 7) is 1.91. The van der Waals surface area contributed by atoms with Gasteiger partial charge in [-0.2, -0.15) is 0 Å². The lowest BCUT2D eigenvalue weighted by Crippen LogP contribution is -2.46. The first-order valence-corrected chi connectivity index (χ1v) is 8.17. The summed E-state index contributed by atoms with van der Waals surface area (Å²) in [6.07, 6.45) is 0. The predicted octanol–water partition coefficient (Wildman–Crippen LogP) is 2.16. The quantitative estimate of drug-likeness (QED) is 0.889. The fourth-order valence-corrected chi connectivity index (χ4v) is 2.84. The van der Waals surface area contributed by atoms with Gasteiger partial charge in [0.25, 0.3) is 5.91 Å². The van der Waals surface area contributed by atoms with Gasteiger partial charge in [-0.05, 0) is 37.3 Å². The lowest BCUT2D eigenvalue weighted by atomic mass is 10.1. The first-order chi connectivity index (χ1) is 12.5. The normalized spacial score (nSPS) is 13.0. The van der Waals surface area contributed by atoms with E-state index in [1.54, 1.807) is 4.90 Å². The molecular weight excluding hydrogens is 336 g/mol. The molecule has 7 nitrogen and oxygen atoms in total. The highest BCUT2D eigenvalue weighted by atomic mass is 16.5. The fourth-order valence-electron chi connectivity index (χ4n) is 2.84. The molecule has 1 aliphatic heterocycles. The lowest BCUT2D eigenvalue weighted by Gasteiger charge is -2.31. The number of fused-ring (bicyclic) bond motifs is 1. The van der Waals surface area contributed by atoms with E-state index in [1.807, 2.05) is 37.3 Å². The molecule has 1 heterocycles. The summed E-state index contributed by atoms with van der Waals surface area (Å²) in [4.78, 5) is 39.2. The van der Waals surface area contributed by atoms with Gasteiger partial charge in [-0.1, -0.05) is 18.2 Å². The number of carboxylic acid groups (broad SMARTS) is 1. The van der Waals surface area contributed by atoms with Gasteiger partial charge in [0.05, 0.1) is 11.3 Å². The van der Waals surface area contributed by atoms with Crippen LogP contribution in [0.5, 0.6) is 5.75 Å². The smallest absolute Gasteiger partial charge is 0.335 e. The third-order valence-electron chi connectivity index (χ3n) is 4.13. The zero-order chi connectivity index (χ0) is 18.7. The van der Waals surface area contributed by atoms with Crippen molar-refractivity contribution in [1.29, 1.82) is 0 Å². The van der Waals surface area contributed by atoms with Crippen molar-refractivity contribution < 1.29 is 24.2 Å². The van der Waals surface area contributed by atoms with E-state index in [-0.39, 0.29) is 24.6 Å². The topological polar surface area (TPSA) is 87.2 Å². The molecule has 7 heteroatoms. The average Bonchev–Trinajstić information content (AvgIpc) is 2.65. The molecular formula is C19H18N2O5. The van der Waals surface area contributed by atoms with Gasteiger partial charge in [-0.25, -0.2) is 4.79 Å². The van der Waals surface area contributed by atoms with E-state index < -0.39 is 11.9 Å². The van der Waals surface area contributed by atoms with Gasteiger partial charge < -0.3 is 14.7 Å². The van der Waals surface area contributed by atoms with Crippen molar-refractivity contribution in [3.05, 3.63) is 54.1 Å². The van der Waals surface area contributed by atoms with Gasteiger partial charge in [-0.3, -0.25) is 14.5 Å². The van der Waals surface area contributed by atoms with Gasteiger partial charge in [0.15, 0.2) is 6.61 Å². The molecule has 134 valence electrons. The maximum atomic E-state index is 12.8. The minimum atomic E-state index is -1.11. The second-order valence-electron chi connectivity index (χ2n) is 5.73. The highest BCUT2D eigenvalue weighted by Gasteiger charge is 2.29. The molecule has 1 aliphatic rings. The number of anilines is 2. The second kappa shape index (κ2) is 7.26. The number of ether oxygens (including phenoxy) is 1. The summed E-state index contributed by atoms with van der Waals surface area (Å²) in [5, 5.41) is 9.18. The molecule has 1 N–H and O–H groups in total. The molecule has 2 aromatic rings. The van der Waals surface area contributed by atoms with Gasteiger partial charge in [0.1, 0.15) is 12.3 Å². The van der Waals surface area contributed by atoms with Crippen LogP contribution in [0.3, 0.4) is 0 Å². The summed E-state index contributed by atoms with van der Waals surface area (Å²) in [6, 6.07) is 13.4. The Morgan fingerprint density at radius 1 is 1.19 bits per heavy atom. The van der Waals surface area contributed by atoms with Crippen LogP contribution in [0.1, 0.15) is 17.3 Å². The number of likely N-dealkylation sites (N-methyl/N-ethyl adjacent to an activating group) is 1. The Morgan fingerprint density at radius 3 is 2.58 bits per heavy atom. The Balaban J connectivity index is 1.89. The number of hydrogen-bond acceptors (Lipinski definition) is 4. The predicted molar refractivity (Wildman–Crippen MR) is 95.7 cm³/mol. The Bertz CT molecular complexity index is 850. The van der Waals surface area contributed by atoms with Crippen molar-refractivity contribution in [1.82, 2.24) is 0 Å². The molecule has 26 heavy (non-hydrogen) atoms. The van der Waals surface area contributed by atoms with E-state index in [4.69, 9.17) is 4.74 Å². The van der Waals surface area contributed by atoms with Crippen molar-refractivity contribution in [3.63, 3.8) is 0 Å². The van der Waals surface area contributed by atoms with Crippen LogP contribution in [-0.4, -0.2) is 42.6 Å². The molecule has 0 unspecified atom stereocenters. The lowest BCUT2D eigenvalue weighted by molar-refractivity contribution is -0.124. The molecule has 0 saturated heterocycles. The standard InChI is InChI=1S/C19H18N2O5/c1-2-20(14-6-4-3-5-7-14)17(22)11-21-15-10-13(19(24)25)8-9-16(15)26-12-18(21)23/h3-10H,2,11-12H2,1H3,(H,24,25). The summed E-state index contributed by atoms with van der Waals surface area (Å²) in [5.74, 6) is -1.39. The Hall–Kier alpha value is -3.35. The summed E-state index contributed by atoms with van der Waals surface area (Å²) in [7, 11) is 0. The molecule has 0 aromatic heterocycles. The largest absolute Gasteiger partial charge is 0.482 e. The molecule has 0 atom stereocenters. The number of carbonyl (C=O) groups is 3. The summed E-state index contributed by atoms with van der Waals surface area (Å²) in [5.41, 5.74) is 1.05. The number of rotatable bonds is 5. The third kappa shape index (κ3) is 3.37. The number of amides is 2. The number of hydrogen-bond donors (Lipinski definition) is 1. The van der Waals surface area contributed by atoms with Crippen molar-refractivity contribution in [2.24, 2.45) is 0 Å². The summed E-state index contributed by atoms with van der Waals surface area (Å²) >= 11 is 0. The molecule has 3 rings (SSSR count). The minimum Gasteiger partial charge on any atom is -0.482 e. The molecule has 0 spiro atoms. The first kappa shape index (κ1) is 17.5. The number of aromatic carboxylic acids is 1. The number of benzene rings is 2. The van der Waals surface area contributed by atoms with Crippen LogP contribution >= 0.6 is 0 Å². The van der Waals surface area contributed by atoms with E-state index in [9.17, 15) is 19.5 Å². The van der Waals surface area contributed by atoms with Gasteiger partial charge >= 0.3 is 5.97 Å². The van der Waals surface area contributed by atoms with E-state index in [0.717, 1.165) is 5.69 Å². The van der Waals surface area contributed by atoms with Crippen LogP contribution in [-0.2, 0) is 9.59 Å². The van der Waals surface area contributed by atoms with Crippen LogP contribution in [0.4, 0.5) is 11.4 Å². The van der Waals surface area contributed by atoms with Crippen molar-refractivity contribution >= 4 is 29.2 Å². The molecule has 2 aromatic carbocycles. The Morgan fingerprint density at radius 2 is 1.92 bits per heavy atom. The molecule has 0 fully saturated rings. The van der Waals surface area contributed by atoms with Gasteiger partial charge in [0.2, 0.25) is 5.91 Å². The maximum Gasteiger partial charge on any atom is 0.335 e. The Kier molecular flexibility index (Phi) is 4.88. The summed E-state index contributed by atoms with van der Waals surface area (Å²) < 4.78 is 5.34. The highest BCUT2D eigenvalue weighted by Crippen LogP contribution is 2.33. The van der Waals surface area contributed by atoms with Crippen molar-refractivity contribution in [2.45, 2.75) is 6.92 Å². The molecule has 0 saturated carbocycles. The first-order valence-electron chi connectivity index (χ1n) is 8.17. The van der Waals surface area contributed by atoms with Crippen LogP contribution < -0.4 is 14.5 Å². The van der Waals surface area contributed by atoms with Crippen molar-refractivity contribution in [3.8, 4) is 5.75 Å². The van der Waals surface area contributed by atoms with Gasteiger partial charge in [0, 0.05) is 12.2 Å². The average molecular weight is 354 g/mol. The van der Waals surface area contributed by atoms with E-state index in [1.165, 1.54) is 23.1 Å². The maximum absolute atomic E-state index is 12.8. The zero-order valence-corrected chi connectivity index (χ0v) is 14.2. The third-order valence-corrected chi connectivity index (χ3v) is 4.13. The van der Waals surface area contributed by atoms with E-state index in [0.29, 0.717) is 18.0 Å². The van der Waals surface area contributed by atoms with Gasteiger partial charge in [-0.15, -0.1) is 0 Å². The van der Waals surface area contributed by atoms with Crippen LogP contribution in [0.15, 0.2) is 48.5 Å². The minimum absolute atomic E-state index is 0.0231. The monoisotopic (exact) mass is 354 g/mol. The van der Waals surface area contributed by atoms with Crippen molar-refractivity contribution in [2.75, 3.05) is 29.5 Å². The van der Waals surface area contributed by atoms with Crippen LogP contribution in [0, 0.1) is 0 Å². The van der Waals surface area contributed by atoms with Crippen LogP contribution in [0.25, 0.3) is 0 Å². The van der Waals surface area contributed by atoms with E-state index in [2.05, 4.69) is 0 Å².